The topological polar surface area (TPSA) is 66.4 Å². The van der Waals surface area contributed by atoms with Crippen LogP contribution in [-0.2, 0) is 9.84 Å². The number of hydrogen-bond donors (Lipinski definition) is 2. The summed E-state index contributed by atoms with van der Waals surface area (Å²) in [5.74, 6) is 0. The lowest BCUT2D eigenvalue weighted by Gasteiger charge is -2.31. The molecule has 2 N–H and O–H groups in total. The third kappa shape index (κ3) is 4.03. The van der Waals surface area contributed by atoms with Crippen LogP contribution in [0.15, 0.2) is 0 Å². The summed E-state index contributed by atoms with van der Waals surface area (Å²) in [7, 11) is -2.91. The lowest BCUT2D eigenvalue weighted by molar-refractivity contribution is 0.215. The summed E-state index contributed by atoms with van der Waals surface area (Å²) in [5.41, 5.74) is 0. The molecular formula is C11H23NO3S. The molecule has 3 unspecified atom stereocenters. The van der Waals surface area contributed by atoms with Crippen LogP contribution in [0.25, 0.3) is 0 Å². The summed E-state index contributed by atoms with van der Waals surface area (Å²) in [6.45, 7) is 2.14. The second-order valence-electron chi connectivity index (χ2n) is 4.77. The lowest BCUT2D eigenvalue weighted by atomic mass is 9.94. The molecular weight excluding hydrogens is 226 g/mol. The molecule has 1 saturated carbocycles. The Kier molecular flexibility index (Phi) is 5.21. The van der Waals surface area contributed by atoms with Crippen molar-refractivity contribution in [3.63, 3.8) is 0 Å². The highest BCUT2D eigenvalue weighted by atomic mass is 32.2. The fourth-order valence-corrected chi connectivity index (χ4v) is 3.49. The molecule has 16 heavy (non-hydrogen) atoms. The molecule has 96 valence electrons. The van der Waals surface area contributed by atoms with E-state index in [0.717, 1.165) is 25.7 Å². The predicted octanol–water partition coefficient (Wildman–Crippen LogP) is 0.703. The zero-order valence-corrected chi connectivity index (χ0v) is 11.0. The van der Waals surface area contributed by atoms with Gasteiger partial charge in [0.2, 0.25) is 0 Å². The number of hydrogen-bond acceptors (Lipinski definition) is 4. The zero-order chi connectivity index (χ0) is 12.2. The number of nitrogens with one attached hydrogen (secondary N) is 1. The molecule has 0 aromatic rings. The van der Waals surface area contributed by atoms with Gasteiger partial charge in [-0.2, -0.15) is 0 Å². The number of aliphatic hydroxyl groups excluding tert-OH is 1. The van der Waals surface area contributed by atoms with Gasteiger partial charge in [0.1, 0.15) is 9.84 Å². The first-order chi connectivity index (χ1) is 7.47. The van der Waals surface area contributed by atoms with Crippen LogP contribution in [0.2, 0.25) is 0 Å². The summed E-state index contributed by atoms with van der Waals surface area (Å²) in [6, 6.07) is 0.342. The van der Waals surface area contributed by atoms with Crippen molar-refractivity contribution in [1.29, 1.82) is 0 Å². The van der Waals surface area contributed by atoms with E-state index in [4.69, 9.17) is 5.11 Å². The minimum atomic E-state index is -2.91. The van der Waals surface area contributed by atoms with E-state index in [-0.39, 0.29) is 23.9 Å². The van der Waals surface area contributed by atoms with Crippen LogP contribution >= 0.6 is 0 Å². The van der Waals surface area contributed by atoms with Crippen molar-refractivity contribution < 1.29 is 13.5 Å². The van der Waals surface area contributed by atoms with E-state index in [1.807, 2.05) is 6.92 Å². The number of rotatable bonds is 5. The zero-order valence-electron chi connectivity index (χ0n) is 10.1. The van der Waals surface area contributed by atoms with Gasteiger partial charge in [-0.3, -0.25) is 0 Å². The van der Waals surface area contributed by atoms with Gasteiger partial charge in [-0.25, -0.2) is 8.42 Å². The second-order valence-corrected chi connectivity index (χ2v) is 7.10. The van der Waals surface area contributed by atoms with Crippen LogP contribution in [0.1, 0.15) is 39.0 Å². The van der Waals surface area contributed by atoms with Crippen molar-refractivity contribution in [2.45, 2.75) is 56.4 Å². The Labute approximate surface area is 98.4 Å². The molecule has 0 aliphatic heterocycles. The largest absolute Gasteiger partial charge is 0.395 e. The lowest BCUT2D eigenvalue weighted by Crippen LogP contribution is -2.44. The molecule has 4 nitrogen and oxygen atoms in total. The molecule has 0 amide bonds. The van der Waals surface area contributed by atoms with Gasteiger partial charge in [-0.1, -0.05) is 13.3 Å². The van der Waals surface area contributed by atoms with Gasteiger partial charge in [0.15, 0.2) is 0 Å². The minimum Gasteiger partial charge on any atom is -0.395 e. The van der Waals surface area contributed by atoms with E-state index >= 15 is 0 Å². The Bertz CT molecular complexity index is 298. The Morgan fingerprint density at radius 2 is 2.12 bits per heavy atom. The van der Waals surface area contributed by atoms with Gasteiger partial charge >= 0.3 is 0 Å². The summed E-state index contributed by atoms with van der Waals surface area (Å²) < 4.78 is 23.0. The SMILES string of the molecule is CCC(CO)NC1CCCC(S(C)(=O)=O)C1. The first-order valence-corrected chi connectivity index (χ1v) is 7.98. The van der Waals surface area contributed by atoms with Crippen molar-refractivity contribution in [3.8, 4) is 0 Å². The normalized spacial score (nSPS) is 28.9. The monoisotopic (exact) mass is 249 g/mol. The van der Waals surface area contributed by atoms with Crippen molar-refractivity contribution in [2.24, 2.45) is 0 Å². The van der Waals surface area contributed by atoms with Crippen molar-refractivity contribution >= 4 is 9.84 Å². The maximum Gasteiger partial charge on any atom is 0.150 e. The molecule has 0 aromatic carbocycles. The fourth-order valence-electron chi connectivity index (χ4n) is 2.32. The first kappa shape index (κ1) is 13.9. The van der Waals surface area contributed by atoms with E-state index in [0.29, 0.717) is 6.42 Å². The van der Waals surface area contributed by atoms with E-state index in [9.17, 15) is 8.42 Å². The quantitative estimate of drug-likeness (QED) is 0.753. The molecule has 0 radical (unpaired) electrons. The Hall–Kier alpha value is -0.130. The van der Waals surface area contributed by atoms with Crippen LogP contribution in [0.4, 0.5) is 0 Å². The Morgan fingerprint density at radius 3 is 2.62 bits per heavy atom. The van der Waals surface area contributed by atoms with Gasteiger partial charge in [-0.15, -0.1) is 0 Å². The third-order valence-electron chi connectivity index (χ3n) is 3.42. The first-order valence-electron chi connectivity index (χ1n) is 6.03. The van der Waals surface area contributed by atoms with Gasteiger partial charge in [0.25, 0.3) is 0 Å². The standard InChI is InChI=1S/C11H23NO3S/c1-3-9(8-13)12-10-5-4-6-11(7-10)16(2,14)15/h9-13H,3-8H2,1-2H3. The number of sulfone groups is 1. The highest BCUT2D eigenvalue weighted by Gasteiger charge is 2.29. The van der Waals surface area contributed by atoms with Crippen molar-refractivity contribution in [1.82, 2.24) is 5.32 Å². The van der Waals surface area contributed by atoms with Crippen LogP contribution in [0.5, 0.6) is 0 Å². The average Bonchev–Trinajstić information content (AvgIpc) is 2.25. The molecule has 3 atom stereocenters. The smallest absolute Gasteiger partial charge is 0.150 e. The Morgan fingerprint density at radius 1 is 1.44 bits per heavy atom. The molecule has 0 aromatic heterocycles. The average molecular weight is 249 g/mol. The van der Waals surface area contributed by atoms with Crippen LogP contribution < -0.4 is 5.32 Å². The third-order valence-corrected chi connectivity index (χ3v) is 5.06. The van der Waals surface area contributed by atoms with E-state index in [1.54, 1.807) is 0 Å². The second kappa shape index (κ2) is 5.98. The van der Waals surface area contributed by atoms with Crippen molar-refractivity contribution in [3.05, 3.63) is 0 Å². The van der Waals surface area contributed by atoms with Gasteiger partial charge < -0.3 is 10.4 Å². The van der Waals surface area contributed by atoms with E-state index < -0.39 is 9.84 Å². The summed E-state index contributed by atoms with van der Waals surface area (Å²) in [5, 5.41) is 12.2. The van der Waals surface area contributed by atoms with Gasteiger partial charge in [0, 0.05) is 18.3 Å². The molecule has 0 spiro atoms. The molecule has 5 heteroatoms. The van der Waals surface area contributed by atoms with Crippen molar-refractivity contribution in [2.75, 3.05) is 12.9 Å². The molecule has 1 aliphatic rings. The molecule has 1 fully saturated rings. The van der Waals surface area contributed by atoms with E-state index in [2.05, 4.69) is 5.32 Å². The molecule has 0 saturated heterocycles. The van der Waals surface area contributed by atoms with Gasteiger partial charge in [0.05, 0.1) is 11.9 Å². The highest BCUT2D eigenvalue weighted by molar-refractivity contribution is 7.91. The maximum atomic E-state index is 11.5. The highest BCUT2D eigenvalue weighted by Crippen LogP contribution is 2.24. The summed E-state index contributed by atoms with van der Waals surface area (Å²) in [6.07, 6.45) is 5.64. The molecule has 0 bridgehead atoms. The summed E-state index contributed by atoms with van der Waals surface area (Å²) >= 11 is 0. The fraction of sp³-hybridized carbons (Fsp3) is 1.00. The molecule has 1 aliphatic carbocycles. The predicted molar refractivity (Wildman–Crippen MR) is 65.2 cm³/mol. The Balaban J connectivity index is 2.51. The van der Waals surface area contributed by atoms with Crippen LogP contribution in [-0.4, -0.2) is 43.7 Å². The van der Waals surface area contributed by atoms with Gasteiger partial charge in [-0.05, 0) is 25.7 Å². The van der Waals surface area contributed by atoms with Crippen LogP contribution in [0.3, 0.4) is 0 Å². The molecule has 0 heterocycles. The minimum absolute atomic E-state index is 0.100. The summed E-state index contributed by atoms with van der Waals surface area (Å²) in [4.78, 5) is 0. The molecule has 1 rings (SSSR count). The maximum absolute atomic E-state index is 11.5. The van der Waals surface area contributed by atoms with E-state index in [1.165, 1.54) is 6.26 Å². The number of aliphatic hydroxyl groups is 1. The van der Waals surface area contributed by atoms with Crippen LogP contribution in [0, 0.1) is 0 Å².